The second-order valence-electron chi connectivity index (χ2n) is 4.76. The fraction of sp³-hybridized carbons (Fsp3) is 0.500. The van der Waals surface area contributed by atoms with Gasteiger partial charge >= 0.3 is 0 Å². The van der Waals surface area contributed by atoms with Gasteiger partial charge in [-0.05, 0) is 51.5 Å². The number of hydrogen-bond acceptors (Lipinski definition) is 3. The Morgan fingerprint density at radius 3 is 2.25 bits per heavy atom. The van der Waals surface area contributed by atoms with E-state index in [0.29, 0.717) is 5.56 Å². The standard InChI is InChI=1S/C16H25N3O/c1-5-8-13(4)17-18-16(20)14-9-11-15(12-10-14)19(6-2)7-3/h9-12H,5-8H2,1-4H3,(H,18,20)/b17-13-. The third-order valence-electron chi connectivity index (χ3n) is 3.22. The van der Waals surface area contributed by atoms with Crippen LogP contribution in [0.5, 0.6) is 0 Å². The Kier molecular flexibility index (Phi) is 6.77. The zero-order valence-corrected chi connectivity index (χ0v) is 12.9. The summed E-state index contributed by atoms with van der Waals surface area (Å²) in [4.78, 5) is 14.2. The number of carbonyl (C=O) groups excluding carboxylic acids is 1. The summed E-state index contributed by atoms with van der Waals surface area (Å²) in [7, 11) is 0. The molecular weight excluding hydrogens is 250 g/mol. The van der Waals surface area contributed by atoms with Crippen LogP contribution in [0.15, 0.2) is 29.4 Å². The van der Waals surface area contributed by atoms with Gasteiger partial charge in [0, 0.05) is 30.1 Å². The van der Waals surface area contributed by atoms with Gasteiger partial charge in [-0.15, -0.1) is 0 Å². The average Bonchev–Trinajstić information content (AvgIpc) is 2.47. The van der Waals surface area contributed by atoms with Crippen molar-refractivity contribution in [3.8, 4) is 0 Å². The van der Waals surface area contributed by atoms with Crippen LogP contribution >= 0.6 is 0 Å². The monoisotopic (exact) mass is 275 g/mol. The molecule has 0 aliphatic heterocycles. The highest BCUT2D eigenvalue weighted by Crippen LogP contribution is 2.14. The molecule has 0 aliphatic rings. The van der Waals surface area contributed by atoms with E-state index < -0.39 is 0 Å². The van der Waals surface area contributed by atoms with Crippen molar-refractivity contribution in [2.45, 2.75) is 40.5 Å². The molecule has 110 valence electrons. The van der Waals surface area contributed by atoms with E-state index in [2.05, 4.69) is 36.2 Å². The number of amides is 1. The summed E-state index contributed by atoms with van der Waals surface area (Å²) < 4.78 is 0. The molecule has 1 rings (SSSR count). The Balaban J connectivity index is 2.68. The molecule has 0 radical (unpaired) electrons. The molecule has 1 amide bonds. The van der Waals surface area contributed by atoms with Gasteiger partial charge in [0.05, 0.1) is 0 Å². The summed E-state index contributed by atoms with van der Waals surface area (Å²) in [5.41, 5.74) is 5.31. The lowest BCUT2D eigenvalue weighted by Gasteiger charge is -2.20. The summed E-state index contributed by atoms with van der Waals surface area (Å²) in [6, 6.07) is 7.64. The van der Waals surface area contributed by atoms with Crippen LogP contribution < -0.4 is 10.3 Å². The molecular formula is C16H25N3O. The van der Waals surface area contributed by atoms with Crippen LogP contribution in [-0.2, 0) is 0 Å². The fourth-order valence-electron chi connectivity index (χ4n) is 2.04. The molecule has 0 saturated carbocycles. The van der Waals surface area contributed by atoms with Crippen molar-refractivity contribution >= 4 is 17.3 Å². The Hall–Kier alpha value is -1.84. The lowest BCUT2D eigenvalue weighted by atomic mass is 10.2. The molecule has 0 atom stereocenters. The first-order valence-electron chi connectivity index (χ1n) is 7.30. The van der Waals surface area contributed by atoms with Crippen LogP contribution in [0.2, 0.25) is 0 Å². The molecule has 1 aromatic rings. The van der Waals surface area contributed by atoms with Crippen molar-refractivity contribution in [1.29, 1.82) is 0 Å². The minimum absolute atomic E-state index is 0.161. The molecule has 0 saturated heterocycles. The average molecular weight is 275 g/mol. The number of benzene rings is 1. The zero-order chi connectivity index (χ0) is 15.0. The summed E-state index contributed by atoms with van der Waals surface area (Å²) in [6.45, 7) is 10.2. The normalized spacial score (nSPS) is 11.3. The summed E-state index contributed by atoms with van der Waals surface area (Å²) in [6.07, 6.45) is 1.94. The van der Waals surface area contributed by atoms with Gasteiger partial charge in [0.15, 0.2) is 0 Å². The maximum atomic E-state index is 11.9. The minimum atomic E-state index is -0.161. The number of nitrogens with zero attached hydrogens (tertiary/aromatic N) is 2. The summed E-state index contributed by atoms with van der Waals surface area (Å²) in [5, 5.41) is 4.09. The van der Waals surface area contributed by atoms with E-state index in [4.69, 9.17) is 0 Å². The highest BCUT2D eigenvalue weighted by molar-refractivity contribution is 5.95. The van der Waals surface area contributed by atoms with E-state index in [1.807, 2.05) is 31.2 Å². The van der Waals surface area contributed by atoms with Crippen LogP contribution in [-0.4, -0.2) is 24.7 Å². The van der Waals surface area contributed by atoms with Crippen molar-refractivity contribution in [3.05, 3.63) is 29.8 Å². The molecule has 4 nitrogen and oxygen atoms in total. The molecule has 1 aromatic carbocycles. The van der Waals surface area contributed by atoms with Gasteiger partial charge in [-0.25, -0.2) is 5.43 Å². The molecule has 20 heavy (non-hydrogen) atoms. The second-order valence-corrected chi connectivity index (χ2v) is 4.76. The number of nitrogens with one attached hydrogen (secondary N) is 1. The molecule has 0 heterocycles. The van der Waals surface area contributed by atoms with Crippen LogP contribution in [0, 0.1) is 0 Å². The maximum absolute atomic E-state index is 11.9. The third-order valence-corrected chi connectivity index (χ3v) is 3.22. The van der Waals surface area contributed by atoms with Gasteiger partial charge in [0.1, 0.15) is 0 Å². The van der Waals surface area contributed by atoms with Gasteiger partial charge in [-0.2, -0.15) is 5.10 Å². The van der Waals surface area contributed by atoms with E-state index in [1.54, 1.807) is 0 Å². The Morgan fingerprint density at radius 1 is 1.15 bits per heavy atom. The smallest absolute Gasteiger partial charge is 0.271 e. The van der Waals surface area contributed by atoms with Gasteiger partial charge in [-0.3, -0.25) is 4.79 Å². The van der Waals surface area contributed by atoms with Gasteiger partial charge in [-0.1, -0.05) is 13.3 Å². The molecule has 4 heteroatoms. The number of hydrogen-bond donors (Lipinski definition) is 1. The molecule has 1 N–H and O–H groups in total. The Bertz CT molecular complexity index is 447. The first kappa shape index (κ1) is 16.2. The first-order valence-corrected chi connectivity index (χ1v) is 7.30. The lowest BCUT2D eigenvalue weighted by molar-refractivity contribution is 0.0954. The van der Waals surface area contributed by atoms with Crippen molar-refractivity contribution in [1.82, 2.24) is 5.43 Å². The maximum Gasteiger partial charge on any atom is 0.271 e. The quantitative estimate of drug-likeness (QED) is 0.612. The van der Waals surface area contributed by atoms with Gasteiger partial charge in [0.2, 0.25) is 0 Å². The Morgan fingerprint density at radius 2 is 1.75 bits per heavy atom. The first-order chi connectivity index (χ1) is 9.62. The Labute approximate surface area is 121 Å². The van der Waals surface area contributed by atoms with E-state index in [9.17, 15) is 4.79 Å². The SMILES string of the molecule is CCC/C(C)=N\NC(=O)c1ccc(N(CC)CC)cc1. The lowest BCUT2D eigenvalue weighted by Crippen LogP contribution is -2.22. The van der Waals surface area contributed by atoms with Crippen LogP contribution in [0.1, 0.15) is 50.9 Å². The van der Waals surface area contributed by atoms with Crippen molar-refractivity contribution in [2.75, 3.05) is 18.0 Å². The van der Waals surface area contributed by atoms with Crippen LogP contribution in [0.3, 0.4) is 0 Å². The molecule has 0 aliphatic carbocycles. The fourth-order valence-corrected chi connectivity index (χ4v) is 2.04. The van der Waals surface area contributed by atoms with Crippen molar-refractivity contribution < 1.29 is 4.79 Å². The van der Waals surface area contributed by atoms with Crippen LogP contribution in [0.25, 0.3) is 0 Å². The zero-order valence-electron chi connectivity index (χ0n) is 12.9. The van der Waals surface area contributed by atoms with E-state index >= 15 is 0 Å². The number of carbonyl (C=O) groups is 1. The molecule has 0 aromatic heterocycles. The summed E-state index contributed by atoms with van der Waals surface area (Å²) >= 11 is 0. The van der Waals surface area contributed by atoms with E-state index in [0.717, 1.165) is 37.3 Å². The molecule has 0 fully saturated rings. The number of anilines is 1. The third kappa shape index (κ3) is 4.68. The number of rotatable bonds is 7. The number of hydrazone groups is 1. The van der Waals surface area contributed by atoms with Crippen molar-refractivity contribution in [2.24, 2.45) is 5.10 Å². The van der Waals surface area contributed by atoms with Gasteiger partial charge in [0.25, 0.3) is 5.91 Å². The molecule has 0 bridgehead atoms. The minimum Gasteiger partial charge on any atom is -0.372 e. The summed E-state index contributed by atoms with van der Waals surface area (Å²) in [5.74, 6) is -0.161. The topological polar surface area (TPSA) is 44.7 Å². The second kappa shape index (κ2) is 8.35. The highest BCUT2D eigenvalue weighted by Gasteiger charge is 2.06. The predicted octanol–water partition coefficient (Wildman–Crippen LogP) is 3.44. The van der Waals surface area contributed by atoms with Gasteiger partial charge < -0.3 is 4.90 Å². The van der Waals surface area contributed by atoms with E-state index in [1.165, 1.54) is 0 Å². The van der Waals surface area contributed by atoms with Crippen molar-refractivity contribution in [3.63, 3.8) is 0 Å². The predicted molar refractivity (Wildman–Crippen MR) is 85.5 cm³/mol. The molecule has 0 spiro atoms. The largest absolute Gasteiger partial charge is 0.372 e. The van der Waals surface area contributed by atoms with E-state index in [-0.39, 0.29) is 5.91 Å². The van der Waals surface area contributed by atoms with Crippen LogP contribution in [0.4, 0.5) is 5.69 Å². The molecule has 0 unspecified atom stereocenters. The highest BCUT2D eigenvalue weighted by atomic mass is 16.2.